The Morgan fingerprint density at radius 2 is 1.10 bits per heavy atom. The first-order valence-corrected chi connectivity index (χ1v) is 14.2. The monoisotopic (exact) mass is 553 g/mol. The number of aliphatic hydroxyl groups excluding tert-OH is 2. The van der Waals surface area contributed by atoms with Crippen molar-refractivity contribution in [2.75, 3.05) is 13.2 Å². The van der Waals surface area contributed by atoms with Gasteiger partial charge in [0.15, 0.2) is 0 Å². The standard InChI is InChI=1S/C35H39NO5/c37-31-22-36(21-27-13-5-1-6-14-27)33(31)35(41-25-30-19-11-4-12-20-30)34(40-24-29-17-9-3-10-18-29)32(38)26-39-23-28-15-7-2-8-16-28/h1-20,31-35,37-38H,21-26H2/t31-,32-,33+,34-,35-/m1/s1. The predicted octanol–water partition coefficient (Wildman–Crippen LogP) is 4.98. The van der Waals surface area contributed by atoms with Gasteiger partial charge in [-0.1, -0.05) is 121 Å². The second-order valence-electron chi connectivity index (χ2n) is 10.6. The van der Waals surface area contributed by atoms with Crippen LogP contribution in [0.25, 0.3) is 0 Å². The van der Waals surface area contributed by atoms with Crippen LogP contribution in [-0.2, 0) is 40.6 Å². The Morgan fingerprint density at radius 1 is 0.634 bits per heavy atom. The molecule has 6 heteroatoms. The van der Waals surface area contributed by atoms with Gasteiger partial charge in [0.05, 0.1) is 38.6 Å². The van der Waals surface area contributed by atoms with Crippen LogP contribution in [0.1, 0.15) is 22.3 Å². The van der Waals surface area contributed by atoms with Crippen LogP contribution in [-0.4, -0.2) is 58.7 Å². The van der Waals surface area contributed by atoms with E-state index < -0.39 is 24.4 Å². The number of β-amino-alcohol motifs (C(OH)–C–C–N with tert-alkyl or cyclic N) is 1. The summed E-state index contributed by atoms with van der Waals surface area (Å²) in [6, 6.07) is 39.5. The zero-order valence-corrected chi connectivity index (χ0v) is 23.2. The van der Waals surface area contributed by atoms with Crippen LogP contribution >= 0.6 is 0 Å². The van der Waals surface area contributed by atoms with Crippen molar-refractivity contribution in [3.63, 3.8) is 0 Å². The molecular formula is C35H39NO5. The maximum atomic E-state index is 11.5. The molecule has 0 saturated carbocycles. The molecule has 6 nitrogen and oxygen atoms in total. The van der Waals surface area contributed by atoms with E-state index in [9.17, 15) is 10.2 Å². The number of hydrogen-bond donors (Lipinski definition) is 2. The van der Waals surface area contributed by atoms with Gasteiger partial charge >= 0.3 is 0 Å². The summed E-state index contributed by atoms with van der Waals surface area (Å²) in [5.74, 6) is 0. The van der Waals surface area contributed by atoms with Gasteiger partial charge < -0.3 is 24.4 Å². The van der Waals surface area contributed by atoms with E-state index in [-0.39, 0.29) is 12.6 Å². The third kappa shape index (κ3) is 8.33. The van der Waals surface area contributed by atoms with Gasteiger partial charge in [0, 0.05) is 13.1 Å². The lowest BCUT2D eigenvalue weighted by Gasteiger charge is -2.51. The van der Waals surface area contributed by atoms with Gasteiger partial charge in [-0.3, -0.25) is 4.90 Å². The summed E-state index contributed by atoms with van der Waals surface area (Å²) in [5, 5.41) is 22.6. The molecule has 0 aromatic heterocycles. The highest BCUT2D eigenvalue weighted by Gasteiger charge is 2.48. The van der Waals surface area contributed by atoms with Crippen LogP contribution in [0, 0.1) is 0 Å². The topological polar surface area (TPSA) is 71.4 Å². The Hall–Kier alpha value is -3.36. The van der Waals surface area contributed by atoms with Crippen molar-refractivity contribution in [1.82, 2.24) is 4.90 Å². The molecular weight excluding hydrogens is 514 g/mol. The predicted molar refractivity (Wildman–Crippen MR) is 159 cm³/mol. The first-order chi connectivity index (χ1) is 20.2. The lowest BCUT2D eigenvalue weighted by atomic mass is 9.88. The molecule has 1 saturated heterocycles. The zero-order chi connectivity index (χ0) is 28.3. The van der Waals surface area contributed by atoms with Crippen LogP contribution in [0.5, 0.6) is 0 Å². The number of likely N-dealkylation sites (tertiary alicyclic amines) is 1. The molecule has 0 aliphatic carbocycles. The van der Waals surface area contributed by atoms with Gasteiger partial charge in [-0.25, -0.2) is 0 Å². The molecule has 5 atom stereocenters. The van der Waals surface area contributed by atoms with E-state index in [0.29, 0.717) is 32.9 Å². The van der Waals surface area contributed by atoms with Gasteiger partial charge in [0.25, 0.3) is 0 Å². The van der Waals surface area contributed by atoms with Gasteiger partial charge in [-0.05, 0) is 22.3 Å². The van der Waals surface area contributed by atoms with E-state index >= 15 is 0 Å². The third-order valence-electron chi connectivity index (χ3n) is 7.48. The van der Waals surface area contributed by atoms with Crippen molar-refractivity contribution in [2.24, 2.45) is 0 Å². The molecule has 1 aliphatic rings. The molecule has 0 amide bonds. The third-order valence-corrected chi connectivity index (χ3v) is 7.48. The summed E-state index contributed by atoms with van der Waals surface area (Å²) in [5.41, 5.74) is 4.19. The van der Waals surface area contributed by atoms with Crippen molar-refractivity contribution >= 4 is 0 Å². The van der Waals surface area contributed by atoms with Crippen molar-refractivity contribution in [3.05, 3.63) is 144 Å². The zero-order valence-electron chi connectivity index (χ0n) is 23.2. The molecule has 4 aromatic rings. The molecule has 1 fully saturated rings. The molecule has 4 aromatic carbocycles. The summed E-state index contributed by atoms with van der Waals surface area (Å²) < 4.78 is 19.0. The summed E-state index contributed by atoms with van der Waals surface area (Å²) >= 11 is 0. The lowest BCUT2D eigenvalue weighted by molar-refractivity contribution is -0.207. The average molecular weight is 554 g/mol. The Balaban J connectivity index is 1.37. The molecule has 0 bridgehead atoms. The number of nitrogens with zero attached hydrogens (tertiary/aromatic N) is 1. The molecule has 0 radical (unpaired) electrons. The highest BCUT2D eigenvalue weighted by atomic mass is 16.6. The van der Waals surface area contributed by atoms with E-state index in [4.69, 9.17) is 14.2 Å². The van der Waals surface area contributed by atoms with Crippen molar-refractivity contribution < 1.29 is 24.4 Å². The second kappa shape index (κ2) is 15.0. The number of ether oxygens (including phenoxy) is 3. The average Bonchev–Trinajstić information content (AvgIpc) is 3.01. The molecule has 1 aliphatic heterocycles. The molecule has 2 N–H and O–H groups in total. The second-order valence-corrected chi connectivity index (χ2v) is 10.6. The Labute approximate surface area is 242 Å². The smallest absolute Gasteiger partial charge is 0.114 e. The van der Waals surface area contributed by atoms with Gasteiger partial charge in [0.1, 0.15) is 18.3 Å². The van der Waals surface area contributed by atoms with E-state index in [0.717, 1.165) is 22.3 Å². The minimum absolute atomic E-state index is 0.0705. The first kappa shape index (κ1) is 29.1. The fraction of sp³-hybridized carbons (Fsp3) is 0.314. The van der Waals surface area contributed by atoms with Crippen molar-refractivity contribution in [1.29, 1.82) is 0 Å². The Kier molecular flexibility index (Phi) is 10.7. The summed E-state index contributed by atoms with van der Waals surface area (Å²) in [7, 11) is 0. The Morgan fingerprint density at radius 3 is 1.61 bits per heavy atom. The van der Waals surface area contributed by atoms with Crippen molar-refractivity contribution in [2.45, 2.75) is 56.8 Å². The molecule has 0 spiro atoms. The van der Waals surface area contributed by atoms with Crippen LogP contribution in [0.15, 0.2) is 121 Å². The van der Waals surface area contributed by atoms with Crippen LogP contribution in [0.3, 0.4) is 0 Å². The fourth-order valence-electron chi connectivity index (χ4n) is 5.30. The quantitative estimate of drug-likeness (QED) is 0.216. The summed E-state index contributed by atoms with van der Waals surface area (Å²) in [6.45, 7) is 2.27. The van der Waals surface area contributed by atoms with Crippen LogP contribution < -0.4 is 0 Å². The normalized spacial score (nSPS) is 19.3. The lowest BCUT2D eigenvalue weighted by Crippen LogP contribution is -2.68. The van der Waals surface area contributed by atoms with Crippen molar-refractivity contribution in [3.8, 4) is 0 Å². The number of benzene rings is 4. The maximum Gasteiger partial charge on any atom is 0.114 e. The number of hydrogen-bond acceptors (Lipinski definition) is 6. The Bertz CT molecular complexity index is 1280. The van der Waals surface area contributed by atoms with E-state index in [1.54, 1.807) is 0 Å². The molecule has 1 heterocycles. The summed E-state index contributed by atoms with van der Waals surface area (Å²) in [6.07, 6.45) is -2.94. The first-order valence-electron chi connectivity index (χ1n) is 14.2. The minimum Gasteiger partial charge on any atom is -0.390 e. The highest BCUT2D eigenvalue weighted by Crippen LogP contribution is 2.31. The molecule has 41 heavy (non-hydrogen) atoms. The van der Waals surface area contributed by atoms with Gasteiger partial charge in [-0.2, -0.15) is 0 Å². The molecule has 0 unspecified atom stereocenters. The van der Waals surface area contributed by atoms with Gasteiger partial charge in [0.2, 0.25) is 0 Å². The van der Waals surface area contributed by atoms with E-state index in [1.807, 2.05) is 109 Å². The SMILES string of the molecule is O[C@H](COCc1ccccc1)[C@@H](OCc1ccccc1)[C@H](OCc1ccccc1)[C@@H]1[C@H](O)CN1Cc1ccccc1. The fourth-order valence-corrected chi connectivity index (χ4v) is 5.30. The molecule has 214 valence electrons. The minimum atomic E-state index is -0.977. The summed E-state index contributed by atoms with van der Waals surface area (Å²) in [4.78, 5) is 2.20. The van der Waals surface area contributed by atoms with Crippen LogP contribution in [0.4, 0.5) is 0 Å². The number of rotatable bonds is 15. The number of aliphatic hydroxyl groups is 2. The maximum absolute atomic E-state index is 11.5. The van der Waals surface area contributed by atoms with Crippen LogP contribution in [0.2, 0.25) is 0 Å². The van der Waals surface area contributed by atoms with E-state index in [2.05, 4.69) is 17.0 Å². The largest absolute Gasteiger partial charge is 0.390 e. The van der Waals surface area contributed by atoms with E-state index in [1.165, 1.54) is 0 Å². The molecule has 5 rings (SSSR count). The highest BCUT2D eigenvalue weighted by molar-refractivity contribution is 5.18. The van der Waals surface area contributed by atoms with Gasteiger partial charge in [-0.15, -0.1) is 0 Å².